The standard InChI is InChI=1S/C12H13N3OS/c1-3-16-10-4-9(6-13-7-10)11-8(2)5-14-12(17)15-11/h4-7H,3H2,1-2H3,(H,14,15,17). The second-order valence-electron chi connectivity index (χ2n) is 3.59. The van der Waals surface area contributed by atoms with E-state index in [4.69, 9.17) is 17.0 Å². The molecule has 0 spiro atoms. The van der Waals surface area contributed by atoms with Crippen molar-refractivity contribution in [1.82, 2.24) is 15.0 Å². The number of aryl methyl sites for hydroxylation is 1. The molecule has 0 bridgehead atoms. The summed E-state index contributed by atoms with van der Waals surface area (Å²) in [7, 11) is 0. The monoisotopic (exact) mass is 247 g/mol. The number of hydrogen-bond acceptors (Lipinski definition) is 4. The number of rotatable bonds is 3. The van der Waals surface area contributed by atoms with Gasteiger partial charge in [0.1, 0.15) is 5.75 Å². The summed E-state index contributed by atoms with van der Waals surface area (Å²) in [6.07, 6.45) is 5.22. The minimum absolute atomic E-state index is 0.465. The highest BCUT2D eigenvalue weighted by Crippen LogP contribution is 2.23. The van der Waals surface area contributed by atoms with E-state index in [2.05, 4.69) is 15.0 Å². The molecule has 0 aliphatic carbocycles. The molecule has 1 N–H and O–H groups in total. The molecule has 2 rings (SSSR count). The van der Waals surface area contributed by atoms with Crippen LogP contribution in [0.5, 0.6) is 5.75 Å². The maximum absolute atomic E-state index is 5.42. The Bertz CT molecular complexity index is 580. The number of hydrogen-bond donors (Lipinski definition) is 1. The van der Waals surface area contributed by atoms with Gasteiger partial charge in [0.15, 0.2) is 4.77 Å². The van der Waals surface area contributed by atoms with Crippen LogP contribution in [0.15, 0.2) is 24.7 Å². The van der Waals surface area contributed by atoms with Crippen LogP contribution in [0.2, 0.25) is 0 Å². The van der Waals surface area contributed by atoms with Crippen LogP contribution in [-0.2, 0) is 0 Å². The molecule has 2 aromatic heterocycles. The van der Waals surface area contributed by atoms with Gasteiger partial charge in [-0.05, 0) is 37.7 Å². The highest BCUT2D eigenvalue weighted by molar-refractivity contribution is 7.71. The van der Waals surface area contributed by atoms with Gasteiger partial charge in [0, 0.05) is 18.0 Å². The molecule has 4 nitrogen and oxygen atoms in total. The van der Waals surface area contributed by atoms with Gasteiger partial charge in [-0.3, -0.25) is 4.98 Å². The lowest BCUT2D eigenvalue weighted by atomic mass is 10.1. The van der Waals surface area contributed by atoms with Crippen LogP contribution in [0.25, 0.3) is 11.3 Å². The topological polar surface area (TPSA) is 50.8 Å². The molecule has 0 amide bonds. The molecule has 0 aromatic carbocycles. The van der Waals surface area contributed by atoms with Gasteiger partial charge in [0.05, 0.1) is 18.5 Å². The van der Waals surface area contributed by atoms with E-state index in [1.807, 2.05) is 19.9 Å². The lowest BCUT2D eigenvalue weighted by Gasteiger charge is -2.07. The molecular formula is C12H13N3OS. The van der Waals surface area contributed by atoms with E-state index in [0.29, 0.717) is 11.4 Å². The summed E-state index contributed by atoms with van der Waals surface area (Å²) in [6, 6.07) is 1.93. The van der Waals surface area contributed by atoms with Gasteiger partial charge in [-0.2, -0.15) is 0 Å². The summed E-state index contributed by atoms with van der Waals surface area (Å²) in [5.74, 6) is 0.750. The quantitative estimate of drug-likeness (QED) is 0.847. The lowest BCUT2D eigenvalue weighted by Crippen LogP contribution is -1.95. The Hall–Kier alpha value is -1.75. The molecule has 0 saturated carbocycles. The third kappa shape index (κ3) is 2.68. The zero-order valence-corrected chi connectivity index (χ0v) is 10.5. The minimum atomic E-state index is 0.465. The third-order valence-electron chi connectivity index (χ3n) is 2.31. The summed E-state index contributed by atoms with van der Waals surface area (Å²) in [5, 5.41) is 0. The molecule has 0 atom stereocenters. The Morgan fingerprint density at radius 1 is 1.35 bits per heavy atom. The Morgan fingerprint density at radius 3 is 2.94 bits per heavy atom. The van der Waals surface area contributed by atoms with Gasteiger partial charge < -0.3 is 9.72 Å². The van der Waals surface area contributed by atoms with Crippen molar-refractivity contribution in [2.24, 2.45) is 0 Å². The first-order valence-corrected chi connectivity index (χ1v) is 5.75. The Kier molecular flexibility index (Phi) is 3.49. The first kappa shape index (κ1) is 11.7. The fourth-order valence-electron chi connectivity index (χ4n) is 1.56. The van der Waals surface area contributed by atoms with Crippen LogP contribution >= 0.6 is 12.2 Å². The minimum Gasteiger partial charge on any atom is -0.492 e. The second-order valence-corrected chi connectivity index (χ2v) is 3.98. The second kappa shape index (κ2) is 5.05. The van der Waals surface area contributed by atoms with Crippen LogP contribution < -0.4 is 4.74 Å². The fraction of sp³-hybridized carbons (Fsp3) is 0.250. The van der Waals surface area contributed by atoms with Crippen molar-refractivity contribution < 1.29 is 4.74 Å². The largest absolute Gasteiger partial charge is 0.492 e. The Balaban J connectivity index is 2.48. The fourth-order valence-corrected chi connectivity index (χ4v) is 1.71. The number of aromatic nitrogens is 3. The van der Waals surface area contributed by atoms with Crippen molar-refractivity contribution >= 4 is 12.2 Å². The summed E-state index contributed by atoms with van der Waals surface area (Å²) < 4.78 is 5.89. The van der Waals surface area contributed by atoms with Crippen LogP contribution in [0.3, 0.4) is 0 Å². The van der Waals surface area contributed by atoms with Crippen molar-refractivity contribution in [2.45, 2.75) is 13.8 Å². The molecule has 2 heterocycles. The molecule has 0 saturated heterocycles. The van der Waals surface area contributed by atoms with Crippen molar-refractivity contribution in [3.05, 3.63) is 35.0 Å². The number of nitrogens with one attached hydrogen (secondary N) is 1. The highest BCUT2D eigenvalue weighted by atomic mass is 32.1. The van der Waals surface area contributed by atoms with E-state index >= 15 is 0 Å². The van der Waals surface area contributed by atoms with Crippen molar-refractivity contribution in [2.75, 3.05) is 6.61 Å². The van der Waals surface area contributed by atoms with Crippen LogP contribution in [0.4, 0.5) is 0 Å². The molecule has 0 fully saturated rings. The van der Waals surface area contributed by atoms with E-state index in [-0.39, 0.29) is 0 Å². The van der Waals surface area contributed by atoms with Gasteiger partial charge in [0.25, 0.3) is 0 Å². The van der Waals surface area contributed by atoms with E-state index in [1.165, 1.54) is 0 Å². The van der Waals surface area contributed by atoms with E-state index in [9.17, 15) is 0 Å². The summed E-state index contributed by atoms with van der Waals surface area (Å²) >= 11 is 5.02. The van der Waals surface area contributed by atoms with Gasteiger partial charge >= 0.3 is 0 Å². The van der Waals surface area contributed by atoms with Gasteiger partial charge in [-0.1, -0.05) is 0 Å². The zero-order chi connectivity index (χ0) is 12.3. The number of nitrogens with zero attached hydrogens (tertiary/aromatic N) is 2. The van der Waals surface area contributed by atoms with E-state index < -0.39 is 0 Å². The summed E-state index contributed by atoms with van der Waals surface area (Å²) in [6.45, 7) is 4.54. The van der Waals surface area contributed by atoms with E-state index in [0.717, 1.165) is 22.6 Å². The lowest BCUT2D eigenvalue weighted by molar-refractivity contribution is 0.339. The average Bonchev–Trinajstić information content (AvgIpc) is 2.33. The maximum atomic E-state index is 5.42. The molecule has 0 radical (unpaired) electrons. The molecule has 0 aliphatic rings. The maximum Gasteiger partial charge on any atom is 0.197 e. The normalized spacial score (nSPS) is 10.2. The average molecular weight is 247 g/mol. The number of aromatic amines is 1. The summed E-state index contributed by atoms with van der Waals surface area (Å²) in [5.41, 5.74) is 2.90. The first-order valence-electron chi connectivity index (χ1n) is 5.35. The third-order valence-corrected chi connectivity index (χ3v) is 2.52. The van der Waals surface area contributed by atoms with Crippen molar-refractivity contribution in [3.63, 3.8) is 0 Å². The van der Waals surface area contributed by atoms with Gasteiger partial charge in [-0.25, -0.2) is 4.98 Å². The molecule has 2 aromatic rings. The van der Waals surface area contributed by atoms with Crippen molar-refractivity contribution in [1.29, 1.82) is 0 Å². The van der Waals surface area contributed by atoms with E-state index in [1.54, 1.807) is 18.6 Å². The van der Waals surface area contributed by atoms with Gasteiger partial charge in [0.2, 0.25) is 0 Å². The molecule has 0 unspecified atom stereocenters. The van der Waals surface area contributed by atoms with Gasteiger partial charge in [-0.15, -0.1) is 0 Å². The number of pyridine rings is 1. The molecular weight excluding hydrogens is 234 g/mol. The number of H-pyrrole nitrogens is 1. The predicted molar refractivity (Wildman–Crippen MR) is 68.6 cm³/mol. The Labute approximate surface area is 105 Å². The summed E-state index contributed by atoms with van der Waals surface area (Å²) in [4.78, 5) is 11.3. The molecule has 0 aliphatic heterocycles. The number of ether oxygens (including phenoxy) is 1. The van der Waals surface area contributed by atoms with Crippen LogP contribution in [0, 0.1) is 11.7 Å². The van der Waals surface area contributed by atoms with Crippen LogP contribution in [-0.4, -0.2) is 21.6 Å². The SMILES string of the molecule is CCOc1cncc(-c2[nH]c(=S)ncc2C)c1. The highest BCUT2D eigenvalue weighted by Gasteiger charge is 2.04. The zero-order valence-electron chi connectivity index (χ0n) is 9.73. The van der Waals surface area contributed by atoms with Crippen molar-refractivity contribution in [3.8, 4) is 17.0 Å². The smallest absolute Gasteiger partial charge is 0.197 e. The molecule has 17 heavy (non-hydrogen) atoms. The molecule has 88 valence electrons. The first-order chi connectivity index (χ1) is 8.20. The Morgan fingerprint density at radius 2 is 2.18 bits per heavy atom. The molecule has 5 heteroatoms. The van der Waals surface area contributed by atoms with Crippen LogP contribution in [0.1, 0.15) is 12.5 Å². The predicted octanol–water partition coefficient (Wildman–Crippen LogP) is 2.91.